The predicted molar refractivity (Wildman–Crippen MR) is 70.4 cm³/mol. The number of sulfonamides is 1. The third-order valence-electron chi connectivity index (χ3n) is 2.87. The fraction of sp³-hybridized carbons (Fsp3) is 1.00. The highest BCUT2D eigenvalue weighted by Crippen LogP contribution is 2.17. The molecule has 0 amide bonds. The van der Waals surface area contributed by atoms with Gasteiger partial charge in [-0.05, 0) is 31.6 Å². The van der Waals surface area contributed by atoms with Crippen molar-refractivity contribution in [1.29, 1.82) is 0 Å². The van der Waals surface area contributed by atoms with Crippen LogP contribution in [0, 0.1) is 5.92 Å². The van der Waals surface area contributed by atoms with Crippen molar-refractivity contribution in [1.82, 2.24) is 9.62 Å². The Labute approximate surface area is 103 Å². The minimum Gasteiger partial charge on any atom is -0.316 e. The molecule has 1 atom stereocenters. The molecule has 0 aromatic carbocycles. The Morgan fingerprint density at radius 1 is 1.50 bits per heavy atom. The molecule has 4 nitrogen and oxygen atoms in total. The minimum absolute atomic E-state index is 0.477. The van der Waals surface area contributed by atoms with Crippen LogP contribution < -0.4 is 5.32 Å². The molecule has 0 bridgehead atoms. The number of rotatable bonds is 6. The van der Waals surface area contributed by atoms with Crippen molar-refractivity contribution in [3.8, 4) is 0 Å². The van der Waals surface area contributed by atoms with Crippen molar-refractivity contribution >= 4 is 21.8 Å². The maximum Gasteiger partial charge on any atom is 0.211 e. The second-order valence-electron chi connectivity index (χ2n) is 4.33. The van der Waals surface area contributed by atoms with Gasteiger partial charge in [-0.3, -0.25) is 0 Å². The second kappa shape index (κ2) is 6.83. The van der Waals surface area contributed by atoms with Crippen LogP contribution in [0.15, 0.2) is 0 Å². The smallest absolute Gasteiger partial charge is 0.211 e. The molecule has 0 saturated carbocycles. The number of piperidine rings is 1. The monoisotopic (exact) mass is 266 g/mol. The van der Waals surface area contributed by atoms with E-state index in [2.05, 4.69) is 11.6 Å². The molecule has 96 valence electrons. The van der Waals surface area contributed by atoms with Gasteiger partial charge in [0.1, 0.15) is 0 Å². The largest absolute Gasteiger partial charge is 0.316 e. The van der Waals surface area contributed by atoms with Crippen LogP contribution in [0.1, 0.15) is 12.8 Å². The van der Waals surface area contributed by atoms with E-state index in [1.165, 1.54) is 6.26 Å². The third kappa shape index (κ3) is 5.03. The van der Waals surface area contributed by atoms with E-state index in [4.69, 9.17) is 0 Å². The summed E-state index contributed by atoms with van der Waals surface area (Å²) < 4.78 is 24.4. The standard InChI is InChI=1S/C10H22N2O2S2/c1-15-7-5-11-8-10-4-3-6-12(9-10)16(2,13)14/h10-11H,3-9H2,1-2H3. The van der Waals surface area contributed by atoms with E-state index < -0.39 is 10.0 Å². The van der Waals surface area contributed by atoms with E-state index in [-0.39, 0.29) is 0 Å². The first-order valence-corrected chi connectivity index (χ1v) is 8.93. The molecule has 6 heteroatoms. The molecule has 1 aliphatic rings. The minimum atomic E-state index is -2.99. The Morgan fingerprint density at radius 2 is 2.25 bits per heavy atom. The van der Waals surface area contributed by atoms with E-state index in [0.29, 0.717) is 19.0 Å². The Hall–Kier alpha value is 0.220. The van der Waals surface area contributed by atoms with E-state index in [0.717, 1.165) is 31.7 Å². The van der Waals surface area contributed by atoms with Crippen molar-refractivity contribution in [2.75, 3.05) is 44.4 Å². The zero-order valence-electron chi connectivity index (χ0n) is 10.1. The maximum atomic E-state index is 11.4. The Morgan fingerprint density at radius 3 is 2.88 bits per heavy atom. The molecular formula is C10H22N2O2S2. The van der Waals surface area contributed by atoms with Crippen LogP contribution >= 0.6 is 11.8 Å². The first-order chi connectivity index (χ1) is 7.54. The molecule has 0 aromatic heterocycles. The van der Waals surface area contributed by atoms with E-state index >= 15 is 0 Å². The summed E-state index contributed by atoms with van der Waals surface area (Å²) in [6.45, 7) is 3.33. The molecule has 1 unspecified atom stereocenters. The van der Waals surface area contributed by atoms with Gasteiger partial charge in [0.2, 0.25) is 10.0 Å². The second-order valence-corrected chi connectivity index (χ2v) is 7.29. The Balaban J connectivity index is 2.28. The molecule has 1 N–H and O–H groups in total. The van der Waals surface area contributed by atoms with E-state index in [1.807, 2.05) is 11.8 Å². The summed E-state index contributed by atoms with van der Waals surface area (Å²) in [7, 11) is -2.99. The summed E-state index contributed by atoms with van der Waals surface area (Å²) in [5, 5.41) is 3.39. The summed E-state index contributed by atoms with van der Waals surface area (Å²) in [4.78, 5) is 0. The lowest BCUT2D eigenvalue weighted by atomic mass is 10.00. The van der Waals surface area contributed by atoms with Crippen LogP contribution in [0.5, 0.6) is 0 Å². The average Bonchev–Trinajstić information content (AvgIpc) is 2.24. The van der Waals surface area contributed by atoms with Crippen molar-refractivity contribution in [3.63, 3.8) is 0 Å². The molecule has 0 spiro atoms. The van der Waals surface area contributed by atoms with Gasteiger partial charge in [0.15, 0.2) is 0 Å². The Bertz CT molecular complexity index is 293. The molecule has 0 aliphatic carbocycles. The van der Waals surface area contributed by atoms with Gasteiger partial charge in [0.05, 0.1) is 6.26 Å². The van der Waals surface area contributed by atoms with Crippen LogP contribution in [-0.4, -0.2) is 57.2 Å². The molecule has 1 saturated heterocycles. The number of hydrogen-bond donors (Lipinski definition) is 1. The fourth-order valence-electron chi connectivity index (χ4n) is 1.98. The summed E-state index contributed by atoms with van der Waals surface area (Å²) >= 11 is 1.82. The highest BCUT2D eigenvalue weighted by molar-refractivity contribution is 7.98. The van der Waals surface area contributed by atoms with Crippen LogP contribution in [0.25, 0.3) is 0 Å². The molecule has 1 heterocycles. The van der Waals surface area contributed by atoms with Gasteiger partial charge in [-0.15, -0.1) is 0 Å². The van der Waals surface area contributed by atoms with Crippen molar-refractivity contribution in [3.05, 3.63) is 0 Å². The lowest BCUT2D eigenvalue weighted by molar-refractivity contribution is 0.262. The Kier molecular flexibility index (Phi) is 6.10. The summed E-state index contributed by atoms with van der Waals surface area (Å²) in [6, 6.07) is 0. The third-order valence-corrected chi connectivity index (χ3v) is 4.75. The molecule has 1 rings (SSSR count). The summed E-state index contributed by atoms with van der Waals surface area (Å²) in [5.74, 6) is 1.59. The van der Waals surface area contributed by atoms with E-state index in [9.17, 15) is 8.42 Å². The summed E-state index contributed by atoms with van der Waals surface area (Å²) in [6.07, 6.45) is 5.52. The first kappa shape index (κ1) is 14.3. The highest BCUT2D eigenvalue weighted by Gasteiger charge is 2.25. The van der Waals surface area contributed by atoms with Gasteiger partial charge >= 0.3 is 0 Å². The van der Waals surface area contributed by atoms with Crippen LogP contribution in [-0.2, 0) is 10.0 Å². The van der Waals surface area contributed by atoms with Crippen molar-refractivity contribution < 1.29 is 8.42 Å². The molecular weight excluding hydrogens is 244 g/mol. The first-order valence-electron chi connectivity index (χ1n) is 5.69. The molecule has 0 aromatic rings. The predicted octanol–water partition coefficient (Wildman–Crippen LogP) is 0.611. The average molecular weight is 266 g/mol. The fourth-order valence-corrected chi connectivity index (χ4v) is 3.27. The SMILES string of the molecule is CSCCNCC1CCCN(S(C)(=O)=O)C1. The number of nitrogens with one attached hydrogen (secondary N) is 1. The quantitative estimate of drug-likeness (QED) is 0.716. The summed E-state index contributed by atoms with van der Waals surface area (Å²) in [5.41, 5.74) is 0. The topological polar surface area (TPSA) is 49.4 Å². The maximum absolute atomic E-state index is 11.4. The molecule has 0 radical (unpaired) electrons. The van der Waals surface area contributed by atoms with Gasteiger partial charge in [-0.1, -0.05) is 0 Å². The van der Waals surface area contributed by atoms with Gasteiger partial charge in [0.25, 0.3) is 0 Å². The zero-order valence-corrected chi connectivity index (χ0v) is 11.7. The van der Waals surface area contributed by atoms with Crippen molar-refractivity contribution in [2.45, 2.75) is 12.8 Å². The lowest BCUT2D eigenvalue weighted by Gasteiger charge is -2.31. The van der Waals surface area contributed by atoms with Gasteiger partial charge in [-0.25, -0.2) is 12.7 Å². The molecule has 1 aliphatic heterocycles. The zero-order chi connectivity index (χ0) is 12.0. The van der Waals surface area contributed by atoms with Gasteiger partial charge in [0, 0.05) is 25.4 Å². The molecule has 16 heavy (non-hydrogen) atoms. The highest BCUT2D eigenvalue weighted by atomic mass is 32.2. The van der Waals surface area contributed by atoms with E-state index in [1.54, 1.807) is 4.31 Å². The van der Waals surface area contributed by atoms with Gasteiger partial charge < -0.3 is 5.32 Å². The normalized spacial score (nSPS) is 23.5. The molecule has 1 fully saturated rings. The van der Waals surface area contributed by atoms with Crippen LogP contribution in [0.3, 0.4) is 0 Å². The van der Waals surface area contributed by atoms with Crippen LogP contribution in [0.2, 0.25) is 0 Å². The number of thioether (sulfide) groups is 1. The number of nitrogens with zero attached hydrogens (tertiary/aromatic N) is 1. The number of hydrogen-bond acceptors (Lipinski definition) is 4. The lowest BCUT2D eigenvalue weighted by Crippen LogP contribution is -2.42. The van der Waals surface area contributed by atoms with Gasteiger partial charge in [-0.2, -0.15) is 11.8 Å². The van der Waals surface area contributed by atoms with Crippen LogP contribution in [0.4, 0.5) is 0 Å². The van der Waals surface area contributed by atoms with Crippen molar-refractivity contribution in [2.24, 2.45) is 5.92 Å².